The van der Waals surface area contributed by atoms with Gasteiger partial charge in [-0.2, -0.15) is 0 Å². The smallest absolute Gasteiger partial charge is 0.328 e. The Morgan fingerprint density at radius 2 is 1.97 bits per heavy atom. The second-order valence-electron chi connectivity index (χ2n) is 8.21. The van der Waals surface area contributed by atoms with Crippen LogP contribution in [0.25, 0.3) is 0 Å². The summed E-state index contributed by atoms with van der Waals surface area (Å²) in [6.07, 6.45) is 5.85. The minimum Gasteiger partial charge on any atom is -0.493 e. The lowest BCUT2D eigenvalue weighted by atomic mass is 10.0. The van der Waals surface area contributed by atoms with Crippen LogP contribution in [0, 0.1) is 5.92 Å². The van der Waals surface area contributed by atoms with Crippen molar-refractivity contribution in [3.63, 3.8) is 0 Å². The number of hydrogen-bond donors (Lipinski definition) is 1. The van der Waals surface area contributed by atoms with Gasteiger partial charge in [0, 0.05) is 18.8 Å². The Labute approximate surface area is 177 Å². The van der Waals surface area contributed by atoms with E-state index < -0.39 is 21.1 Å². The molecule has 2 aromatic rings. The number of nitrogens with one attached hydrogen (secondary N) is 1. The van der Waals surface area contributed by atoms with Gasteiger partial charge in [-0.1, -0.05) is 25.5 Å². The Kier molecular flexibility index (Phi) is 7.53. The number of unbranched alkanes of at least 4 members (excludes halogenated alkanes) is 2. The van der Waals surface area contributed by atoms with Crippen LogP contribution in [0.5, 0.6) is 5.75 Å². The van der Waals surface area contributed by atoms with E-state index in [4.69, 9.17) is 4.74 Å². The first kappa shape index (κ1) is 22.3. The highest BCUT2D eigenvalue weighted by Gasteiger charge is 2.22. The Morgan fingerprint density at radius 1 is 1.17 bits per heavy atom. The van der Waals surface area contributed by atoms with E-state index in [1.165, 1.54) is 29.7 Å². The van der Waals surface area contributed by atoms with E-state index in [2.05, 4.69) is 4.98 Å². The van der Waals surface area contributed by atoms with Gasteiger partial charge < -0.3 is 9.30 Å². The number of rotatable bonds is 12. The minimum atomic E-state index is -3.17. The maximum Gasteiger partial charge on any atom is 0.328 e. The quantitative estimate of drug-likeness (QED) is 0.518. The number of hydrogen-bond acceptors (Lipinski definition) is 5. The third kappa shape index (κ3) is 7.16. The van der Waals surface area contributed by atoms with Crippen LogP contribution in [0.1, 0.15) is 50.5 Å². The lowest BCUT2D eigenvalue weighted by molar-refractivity contribution is 0.299. The number of aromatic nitrogens is 2. The van der Waals surface area contributed by atoms with Gasteiger partial charge in [-0.25, -0.2) is 13.2 Å². The van der Waals surface area contributed by atoms with Crippen molar-refractivity contribution in [2.45, 2.75) is 51.5 Å². The number of nitrogens with zero attached hydrogens (tertiary/aromatic N) is 1. The first-order chi connectivity index (χ1) is 14.3. The van der Waals surface area contributed by atoms with Crippen molar-refractivity contribution in [2.75, 3.05) is 18.1 Å². The van der Waals surface area contributed by atoms with Crippen LogP contribution < -0.4 is 16.0 Å². The maximum absolute atomic E-state index is 12.5. The molecule has 0 spiro atoms. The zero-order chi connectivity index (χ0) is 21.6. The van der Waals surface area contributed by atoms with Crippen LogP contribution in [0.3, 0.4) is 0 Å². The van der Waals surface area contributed by atoms with E-state index in [0.29, 0.717) is 31.7 Å². The van der Waals surface area contributed by atoms with Gasteiger partial charge in [0.1, 0.15) is 5.75 Å². The van der Waals surface area contributed by atoms with Gasteiger partial charge in [0.25, 0.3) is 5.56 Å². The van der Waals surface area contributed by atoms with Gasteiger partial charge in [0.2, 0.25) is 0 Å². The van der Waals surface area contributed by atoms with E-state index in [-0.39, 0.29) is 17.4 Å². The summed E-state index contributed by atoms with van der Waals surface area (Å²) < 4.78 is 32.3. The number of ether oxygens (including phenoxy) is 1. The monoisotopic (exact) mass is 434 g/mol. The molecule has 0 radical (unpaired) electrons. The number of benzene rings is 1. The molecular weight excluding hydrogens is 404 g/mol. The Hall–Kier alpha value is -2.35. The van der Waals surface area contributed by atoms with Crippen molar-refractivity contribution in [2.24, 2.45) is 5.92 Å². The fourth-order valence-corrected chi connectivity index (χ4v) is 5.14. The molecule has 1 N–H and O–H groups in total. The Bertz CT molecular complexity index is 1050. The van der Waals surface area contributed by atoms with Crippen molar-refractivity contribution in [1.29, 1.82) is 0 Å². The number of sulfone groups is 1. The first-order valence-electron chi connectivity index (χ1n) is 10.6. The Balaban J connectivity index is 1.42. The highest BCUT2D eigenvalue weighted by molar-refractivity contribution is 7.91. The summed E-state index contributed by atoms with van der Waals surface area (Å²) in [5.41, 5.74) is 0.119. The number of aryl methyl sites for hydroxylation is 1. The SMILES string of the molecule is C[C@@H](CS(=O)(=O)CCCCCn1ccc(=O)[nH]c1=O)c1cccc(OCC2CC2)c1. The molecule has 3 rings (SSSR count). The van der Waals surface area contributed by atoms with Crippen molar-refractivity contribution >= 4 is 9.84 Å². The van der Waals surface area contributed by atoms with Crippen molar-refractivity contribution < 1.29 is 13.2 Å². The van der Waals surface area contributed by atoms with E-state index in [1.807, 2.05) is 31.2 Å². The van der Waals surface area contributed by atoms with Gasteiger partial charge in [-0.3, -0.25) is 9.78 Å². The molecule has 0 bridgehead atoms. The highest BCUT2D eigenvalue weighted by atomic mass is 32.2. The van der Waals surface area contributed by atoms with Gasteiger partial charge in [0.15, 0.2) is 9.84 Å². The van der Waals surface area contributed by atoms with E-state index in [0.717, 1.165) is 17.9 Å². The van der Waals surface area contributed by atoms with Crippen LogP contribution in [-0.4, -0.2) is 36.1 Å². The molecule has 164 valence electrons. The maximum atomic E-state index is 12.5. The van der Waals surface area contributed by atoms with Crippen LogP contribution >= 0.6 is 0 Å². The summed E-state index contributed by atoms with van der Waals surface area (Å²) in [6, 6.07) is 9.04. The van der Waals surface area contributed by atoms with E-state index in [1.54, 1.807) is 0 Å². The van der Waals surface area contributed by atoms with Gasteiger partial charge in [-0.15, -0.1) is 0 Å². The first-order valence-corrected chi connectivity index (χ1v) is 12.4. The second kappa shape index (κ2) is 10.1. The minimum absolute atomic E-state index is 0.0980. The summed E-state index contributed by atoms with van der Waals surface area (Å²) in [4.78, 5) is 24.9. The van der Waals surface area contributed by atoms with Gasteiger partial charge in [0.05, 0.1) is 18.1 Å². The molecule has 1 aromatic carbocycles. The standard InChI is InChI=1S/C22H30N2O5S/c1-17(19-6-5-7-20(14-19)29-15-18-8-9-18)16-30(27,28)13-4-2-3-11-24-12-10-21(25)23-22(24)26/h5-7,10,12,14,17-18H,2-4,8-9,11,13,15-16H2,1H3,(H,23,25,26)/t17-/m0/s1. The normalized spacial score (nSPS) is 15.1. The van der Waals surface area contributed by atoms with Gasteiger partial charge >= 0.3 is 5.69 Å². The number of H-pyrrole nitrogens is 1. The second-order valence-corrected chi connectivity index (χ2v) is 10.4. The third-order valence-corrected chi connectivity index (χ3v) is 7.28. The summed E-state index contributed by atoms with van der Waals surface area (Å²) in [5.74, 6) is 1.63. The van der Waals surface area contributed by atoms with Crippen LogP contribution in [0.4, 0.5) is 0 Å². The average Bonchev–Trinajstić information content (AvgIpc) is 3.52. The van der Waals surface area contributed by atoms with Crippen molar-refractivity contribution in [3.05, 3.63) is 62.9 Å². The third-order valence-electron chi connectivity index (χ3n) is 5.36. The Morgan fingerprint density at radius 3 is 2.70 bits per heavy atom. The molecule has 0 saturated heterocycles. The molecule has 1 fully saturated rings. The molecule has 1 aliphatic rings. The van der Waals surface area contributed by atoms with Gasteiger partial charge in [-0.05, 0) is 55.2 Å². The lowest BCUT2D eigenvalue weighted by Gasteiger charge is -2.14. The lowest BCUT2D eigenvalue weighted by Crippen LogP contribution is -2.28. The van der Waals surface area contributed by atoms with Crippen LogP contribution in [0.15, 0.2) is 46.1 Å². The van der Waals surface area contributed by atoms with Crippen molar-refractivity contribution in [3.8, 4) is 5.75 Å². The molecule has 0 aliphatic heterocycles. The van der Waals surface area contributed by atoms with E-state index in [9.17, 15) is 18.0 Å². The molecule has 0 unspecified atom stereocenters. The molecule has 1 atom stereocenters. The van der Waals surface area contributed by atoms with Crippen molar-refractivity contribution in [1.82, 2.24) is 9.55 Å². The highest BCUT2D eigenvalue weighted by Crippen LogP contribution is 2.30. The number of aromatic amines is 1. The molecule has 30 heavy (non-hydrogen) atoms. The summed E-state index contributed by atoms with van der Waals surface area (Å²) in [7, 11) is -3.17. The summed E-state index contributed by atoms with van der Waals surface area (Å²) in [5, 5.41) is 0. The largest absolute Gasteiger partial charge is 0.493 e. The topological polar surface area (TPSA) is 98.2 Å². The fourth-order valence-electron chi connectivity index (χ4n) is 3.37. The van der Waals surface area contributed by atoms with Crippen LogP contribution in [0.2, 0.25) is 0 Å². The van der Waals surface area contributed by atoms with E-state index >= 15 is 0 Å². The molecule has 1 saturated carbocycles. The molecule has 1 aromatic heterocycles. The molecular formula is C22H30N2O5S. The molecule has 7 nitrogen and oxygen atoms in total. The van der Waals surface area contributed by atoms with Crippen LogP contribution in [-0.2, 0) is 16.4 Å². The summed E-state index contributed by atoms with van der Waals surface area (Å²) in [6.45, 7) is 3.13. The predicted octanol–water partition coefficient (Wildman–Crippen LogP) is 2.71. The predicted molar refractivity (Wildman–Crippen MR) is 117 cm³/mol. The zero-order valence-corrected chi connectivity index (χ0v) is 18.2. The fraction of sp³-hybridized carbons (Fsp3) is 0.545. The zero-order valence-electron chi connectivity index (χ0n) is 17.4. The molecule has 0 amide bonds. The average molecular weight is 435 g/mol. The summed E-state index contributed by atoms with van der Waals surface area (Å²) >= 11 is 0. The molecule has 8 heteroatoms. The molecule has 1 aliphatic carbocycles. The molecule has 1 heterocycles.